The molecule has 1 saturated heterocycles. The summed E-state index contributed by atoms with van der Waals surface area (Å²) in [6.07, 6.45) is 0.735. The molecule has 0 spiro atoms. The summed E-state index contributed by atoms with van der Waals surface area (Å²) in [6.45, 7) is 3.90. The van der Waals surface area contributed by atoms with Gasteiger partial charge in [-0.05, 0) is 31.0 Å². The maximum Gasteiger partial charge on any atom is 0.321 e. The van der Waals surface area contributed by atoms with E-state index in [9.17, 15) is 9.18 Å². The fraction of sp³-hybridized carbons (Fsp3) is 0.500. The molecule has 3 rings (SSSR count). The van der Waals surface area contributed by atoms with E-state index in [0.717, 1.165) is 6.42 Å². The Morgan fingerprint density at radius 2 is 2.30 bits per heavy atom. The summed E-state index contributed by atoms with van der Waals surface area (Å²) in [6, 6.07) is 4.36. The van der Waals surface area contributed by atoms with E-state index in [0.29, 0.717) is 49.3 Å². The standard InChI is InChI=1S/C18H23FN4O4/c1-12-3-4-14(9-15(12)19)20-18(24)23-6-5-13(10-23)17-21-16(27-22-17)11-26-8-7-25-2/h3-4,9,13H,5-8,10-11H2,1-2H3,(H,20,24). The third-order valence-electron chi connectivity index (χ3n) is 4.40. The predicted octanol–water partition coefficient (Wildman–Crippen LogP) is 2.70. The van der Waals surface area contributed by atoms with E-state index < -0.39 is 0 Å². The molecule has 9 heteroatoms. The van der Waals surface area contributed by atoms with E-state index >= 15 is 0 Å². The highest BCUT2D eigenvalue weighted by Gasteiger charge is 2.30. The SMILES string of the molecule is COCCOCc1nc(C2CCN(C(=O)Nc3ccc(C)c(F)c3)C2)no1. The van der Waals surface area contributed by atoms with Crippen molar-refractivity contribution in [1.29, 1.82) is 0 Å². The lowest BCUT2D eigenvalue weighted by Crippen LogP contribution is -2.32. The molecule has 2 aromatic rings. The minimum absolute atomic E-state index is 0.00183. The van der Waals surface area contributed by atoms with Gasteiger partial charge in [0.25, 0.3) is 5.89 Å². The van der Waals surface area contributed by atoms with Crippen LogP contribution in [0.15, 0.2) is 22.7 Å². The molecule has 1 fully saturated rings. The topological polar surface area (TPSA) is 89.7 Å². The number of ether oxygens (including phenoxy) is 2. The summed E-state index contributed by atoms with van der Waals surface area (Å²) in [5, 5.41) is 6.71. The van der Waals surface area contributed by atoms with Crippen molar-refractivity contribution in [2.24, 2.45) is 0 Å². The number of carbonyl (C=O) groups is 1. The number of anilines is 1. The molecular formula is C18H23FN4O4. The van der Waals surface area contributed by atoms with E-state index in [-0.39, 0.29) is 24.4 Å². The molecule has 8 nitrogen and oxygen atoms in total. The third kappa shape index (κ3) is 5.01. The zero-order chi connectivity index (χ0) is 19.2. The summed E-state index contributed by atoms with van der Waals surface area (Å²) < 4.78 is 29.1. The van der Waals surface area contributed by atoms with Crippen LogP contribution in [0.5, 0.6) is 0 Å². The Morgan fingerprint density at radius 3 is 3.07 bits per heavy atom. The van der Waals surface area contributed by atoms with Crippen molar-refractivity contribution in [2.45, 2.75) is 25.9 Å². The van der Waals surface area contributed by atoms with Crippen molar-refractivity contribution in [3.05, 3.63) is 41.3 Å². The lowest BCUT2D eigenvalue weighted by molar-refractivity contribution is 0.0494. The lowest BCUT2D eigenvalue weighted by atomic mass is 10.1. The van der Waals surface area contributed by atoms with Crippen LogP contribution in [0.1, 0.15) is 29.6 Å². The largest absolute Gasteiger partial charge is 0.382 e. The number of amides is 2. The first kappa shape index (κ1) is 19.2. The molecule has 1 aliphatic heterocycles. The van der Waals surface area contributed by atoms with Crippen LogP contribution in [0.4, 0.5) is 14.9 Å². The molecule has 1 aromatic heterocycles. The highest BCUT2D eigenvalue weighted by molar-refractivity contribution is 5.89. The van der Waals surface area contributed by atoms with Gasteiger partial charge in [0.05, 0.1) is 13.2 Å². The zero-order valence-corrected chi connectivity index (χ0v) is 15.4. The molecule has 1 unspecified atom stereocenters. The molecule has 0 radical (unpaired) electrons. The van der Waals surface area contributed by atoms with Crippen molar-refractivity contribution >= 4 is 11.7 Å². The fourth-order valence-electron chi connectivity index (χ4n) is 2.82. The Morgan fingerprint density at radius 1 is 1.44 bits per heavy atom. The molecular weight excluding hydrogens is 355 g/mol. The minimum Gasteiger partial charge on any atom is -0.382 e. The van der Waals surface area contributed by atoms with Crippen LogP contribution in [0.25, 0.3) is 0 Å². The molecule has 146 valence electrons. The van der Waals surface area contributed by atoms with Gasteiger partial charge in [-0.1, -0.05) is 11.2 Å². The molecule has 0 aliphatic carbocycles. The molecule has 1 N–H and O–H groups in total. The Hall–Kier alpha value is -2.52. The van der Waals surface area contributed by atoms with Gasteiger partial charge in [-0.3, -0.25) is 0 Å². The Kier molecular flexibility index (Phi) is 6.36. The number of benzene rings is 1. The van der Waals surface area contributed by atoms with Crippen LogP contribution < -0.4 is 5.32 Å². The second kappa shape index (κ2) is 8.92. The molecule has 0 saturated carbocycles. The minimum atomic E-state index is -0.348. The van der Waals surface area contributed by atoms with Gasteiger partial charge in [0, 0.05) is 31.8 Å². The summed E-state index contributed by atoms with van der Waals surface area (Å²) >= 11 is 0. The first-order valence-electron chi connectivity index (χ1n) is 8.78. The summed E-state index contributed by atoms with van der Waals surface area (Å²) in [5.41, 5.74) is 0.968. The quantitative estimate of drug-likeness (QED) is 0.745. The maximum absolute atomic E-state index is 13.6. The van der Waals surface area contributed by atoms with Crippen LogP contribution in [-0.2, 0) is 16.1 Å². The van der Waals surface area contributed by atoms with E-state index in [1.807, 2.05) is 0 Å². The second-order valence-electron chi connectivity index (χ2n) is 6.42. The van der Waals surface area contributed by atoms with Crippen LogP contribution in [0.3, 0.4) is 0 Å². The third-order valence-corrected chi connectivity index (χ3v) is 4.40. The van der Waals surface area contributed by atoms with Crippen LogP contribution in [0.2, 0.25) is 0 Å². The second-order valence-corrected chi connectivity index (χ2v) is 6.42. The number of methoxy groups -OCH3 is 1. The summed E-state index contributed by atoms with van der Waals surface area (Å²) in [7, 11) is 1.60. The maximum atomic E-state index is 13.6. The van der Waals surface area contributed by atoms with E-state index in [1.54, 1.807) is 31.1 Å². The smallest absolute Gasteiger partial charge is 0.321 e. The number of nitrogens with zero attached hydrogens (tertiary/aromatic N) is 3. The number of halogens is 1. The lowest BCUT2D eigenvalue weighted by Gasteiger charge is -2.17. The number of likely N-dealkylation sites (tertiary alicyclic amines) is 1. The van der Waals surface area contributed by atoms with Gasteiger partial charge < -0.3 is 24.2 Å². The fourth-order valence-corrected chi connectivity index (χ4v) is 2.82. The molecule has 0 bridgehead atoms. The van der Waals surface area contributed by atoms with Crippen LogP contribution in [0, 0.1) is 12.7 Å². The van der Waals surface area contributed by atoms with E-state index in [1.165, 1.54) is 6.07 Å². The van der Waals surface area contributed by atoms with Gasteiger partial charge in [0.15, 0.2) is 5.82 Å². The summed E-state index contributed by atoms with van der Waals surface area (Å²) in [5.74, 6) is 0.622. The molecule has 27 heavy (non-hydrogen) atoms. The number of hydrogen-bond acceptors (Lipinski definition) is 6. The van der Waals surface area contributed by atoms with Crippen LogP contribution in [-0.4, -0.2) is 54.5 Å². The normalized spacial score (nSPS) is 16.7. The first-order chi connectivity index (χ1) is 13.1. The van der Waals surface area contributed by atoms with Crippen LogP contribution >= 0.6 is 0 Å². The number of nitrogens with one attached hydrogen (secondary N) is 1. The predicted molar refractivity (Wildman–Crippen MR) is 94.9 cm³/mol. The van der Waals surface area contributed by atoms with Crippen molar-refractivity contribution in [2.75, 3.05) is 38.7 Å². The van der Waals surface area contributed by atoms with E-state index in [4.69, 9.17) is 14.0 Å². The van der Waals surface area contributed by atoms with Gasteiger partial charge >= 0.3 is 6.03 Å². The van der Waals surface area contributed by atoms with Gasteiger partial charge in [0.2, 0.25) is 0 Å². The highest BCUT2D eigenvalue weighted by Crippen LogP contribution is 2.26. The number of aryl methyl sites for hydroxylation is 1. The van der Waals surface area contributed by atoms with Crippen molar-refractivity contribution < 1.29 is 23.2 Å². The average Bonchev–Trinajstić information content (AvgIpc) is 3.31. The molecule has 1 aliphatic rings. The van der Waals surface area contributed by atoms with Gasteiger partial charge in [-0.15, -0.1) is 0 Å². The summed E-state index contributed by atoms with van der Waals surface area (Å²) in [4.78, 5) is 18.4. The van der Waals surface area contributed by atoms with Gasteiger partial charge in [-0.25, -0.2) is 9.18 Å². The first-order valence-corrected chi connectivity index (χ1v) is 8.78. The van der Waals surface area contributed by atoms with Crippen molar-refractivity contribution in [1.82, 2.24) is 15.0 Å². The number of urea groups is 1. The van der Waals surface area contributed by atoms with Crippen molar-refractivity contribution in [3.8, 4) is 0 Å². The molecule has 2 heterocycles. The number of rotatable bonds is 7. The highest BCUT2D eigenvalue weighted by atomic mass is 19.1. The zero-order valence-electron chi connectivity index (χ0n) is 15.4. The number of carbonyl (C=O) groups excluding carboxylic acids is 1. The average molecular weight is 378 g/mol. The van der Waals surface area contributed by atoms with Gasteiger partial charge in [0.1, 0.15) is 12.4 Å². The van der Waals surface area contributed by atoms with Gasteiger partial charge in [-0.2, -0.15) is 4.98 Å². The molecule has 1 atom stereocenters. The molecule has 1 aromatic carbocycles. The Labute approximate surface area is 156 Å². The monoisotopic (exact) mass is 378 g/mol. The number of hydrogen-bond donors (Lipinski definition) is 1. The van der Waals surface area contributed by atoms with Crippen molar-refractivity contribution in [3.63, 3.8) is 0 Å². The Balaban J connectivity index is 1.51. The van der Waals surface area contributed by atoms with E-state index in [2.05, 4.69) is 15.5 Å². The Bertz CT molecular complexity index is 782. The molecule has 2 amide bonds. The number of aromatic nitrogens is 2.